The molecule has 5 rings (SSSR count). The number of allylic oxidation sites excluding steroid dienone is 1. The summed E-state index contributed by atoms with van der Waals surface area (Å²) in [5, 5.41) is 8.06. The SMILES string of the molecule is CC(C)O.O=C1/C(=C/c2ccccc2)Oc2c1ccc1c2CN(CCN2CCOCC2)CO1. The predicted octanol–water partition coefficient (Wildman–Crippen LogP) is 3.17. The number of rotatable bonds is 4. The average molecular weight is 453 g/mol. The second kappa shape index (κ2) is 10.9. The van der Waals surface area contributed by atoms with Gasteiger partial charge in [-0.1, -0.05) is 30.3 Å². The topological polar surface area (TPSA) is 71.5 Å². The minimum absolute atomic E-state index is 0.0721. The van der Waals surface area contributed by atoms with Gasteiger partial charge < -0.3 is 19.3 Å². The molecule has 33 heavy (non-hydrogen) atoms. The first-order valence-corrected chi connectivity index (χ1v) is 11.5. The number of carbonyl (C=O) groups is 1. The van der Waals surface area contributed by atoms with Crippen LogP contribution in [-0.2, 0) is 11.3 Å². The van der Waals surface area contributed by atoms with Gasteiger partial charge in [0.2, 0.25) is 5.78 Å². The van der Waals surface area contributed by atoms with Gasteiger partial charge in [0, 0.05) is 38.8 Å². The van der Waals surface area contributed by atoms with Crippen LogP contribution in [0.25, 0.3) is 6.08 Å². The number of Topliss-reactive ketones (excluding diaryl/α,β-unsaturated/α-hetero) is 1. The summed E-state index contributed by atoms with van der Waals surface area (Å²) in [5.74, 6) is 1.74. The highest BCUT2D eigenvalue weighted by molar-refractivity contribution is 6.15. The minimum atomic E-state index is -0.167. The molecule has 0 atom stereocenters. The van der Waals surface area contributed by atoms with E-state index in [0.29, 0.717) is 23.8 Å². The third-order valence-electron chi connectivity index (χ3n) is 5.62. The number of ether oxygens (including phenoxy) is 3. The smallest absolute Gasteiger partial charge is 0.231 e. The van der Waals surface area contributed by atoms with Crippen molar-refractivity contribution in [2.24, 2.45) is 0 Å². The summed E-state index contributed by atoms with van der Waals surface area (Å²) in [6.45, 7) is 10.2. The summed E-state index contributed by atoms with van der Waals surface area (Å²) in [6, 6.07) is 13.5. The van der Waals surface area contributed by atoms with Crippen molar-refractivity contribution in [3.05, 3.63) is 64.9 Å². The largest absolute Gasteiger partial charge is 0.478 e. The maximum atomic E-state index is 12.8. The van der Waals surface area contributed by atoms with Crippen LogP contribution in [0.4, 0.5) is 0 Å². The van der Waals surface area contributed by atoms with Gasteiger partial charge >= 0.3 is 0 Å². The Balaban J connectivity index is 0.000000601. The molecule has 3 aliphatic heterocycles. The number of nitrogens with zero attached hydrogens (tertiary/aromatic N) is 2. The molecule has 0 aromatic heterocycles. The molecule has 0 unspecified atom stereocenters. The lowest BCUT2D eigenvalue weighted by molar-refractivity contribution is 0.0239. The number of hydrogen-bond acceptors (Lipinski definition) is 7. The van der Waals surface area contributed by atoms with E-state index >= 15 is 0 Å². The number of aliphatic hydroxyl groups is 1. The first kappa shape index (κ1) is 23.4. The zero-order valence-corrected chi connectivity index (χ0v) is 19.3. The molecule has 7 nitrogen and oxygen atoms in total. The van der Waals surface area contributed by atoms with Crippen LogP contribution in [0.5, 0.6) is 11.5 Å². The molecule has 7 heteroatoms. The average Bonchev–Trinajstić information content (AvgIpc) is 3.14. The van der Waals surface area contributed by atoms with E-state index in [2.05, 4.69) is 9.80 Å². The second-order valence-electron chi connectivity index (χ2n) is 8.64. The Kier molecular flexibility index (Phi) is 7.77. The van der Waals surface area contributed by atoms with Gasteiger partial charge in [0.1, 0.15) is 18.2 Å². The first-order valence-electron chi connectivity index (χ1n) is 11.5. The Hall–Kier alpha value is -2.71. The monoisotopic (exact) mass is 452 g/mol. The van der Waals surface area contributed by atoms with Crippen molar-refractivity contribution in [1.82, 2.24) is 9.80 Å². The summed E-state index contributed by atoms with van der Waals surface area (Å²) >= 11 is 0. The van der Waals surface area contributed by atoms with Crippen LogP contribution in [0.15, 0.2) is 48.2 Å². The van der Waals surface area contributed by atoms with Gasteiger partial charge in [0.15, 0.2) is 5.76 Å². The number of morpholine rings is 1. The zero-order valence-electron chi connectivity index (χ0n) is 19.3. The van der Waals surface area contributed by atoms with Crippen molar-refractivity contribution in [2.75, 3.05) is 46.1 Å². The lowest BCUT2D eigenvalue weighted by atomic mass is 10.0. The summed E-state index contributed by atoms with van der Waals surface area (Å²) in [7, 11) is 0. The molecular formula is C26H32N2O5. The van der Waals surface area contributed by atoms with Crippen molar-refractivity contribution < 1.29 is 24.1 Å². The number of hydrogen-bond donors (Lipinski definition) is 1. The van der Waals surface area contributed by atoms with Crippen LogP contribution < -0.4 is 9.47 Å². The molecule has 0 radical (unpaired) electrons. The summed E-state index contributed by atoms with van der Waals surface area (Å²) in [5.41, 5.74) is 2.52. The van der Waals surface area contributed by atoms with Gasteiger partial charge in [-0.2, -0.15) is 0 Å². The van der Waals surface area contributed by atoms with Crippen molar-refractivity contribution in [2.45, 2.75) is 26.5 Å². The van der Waals surface area contributed by atoms with Gasteiger partial charge in [0.25, 0.3) is 0 Å². The quantitative estimate of drug-likeness (QED) is 0.715. The molecular weight excluding hydrogens is 420 g/mol. The van der Waals surface area contributed by atoms with E-state index in [-0.39, 0.29) is 11.9 Å². The molecule has 1 fully saturated rings. The molecule has 0 aliphatic carbocycles. The lowest BCUT2D eigenvalue weighted by Crippen LogP contribution is -2.43. The van der Waals surface area contributed by atoms with Crippen LogP contribution in [-0.4, -0.2) is 72.9 Å². The van der Waals surface area contributed by atoms with Crippen molar-refractivity contribution in [1.29, 1.82) is 0 Å². The maximum absolute atomic E-state index is 12.8. The van der Waals surface area contributed by atoms with Crippen molar-refractivity contribution in [3.8, 4) is 11.5 Å². The van der Waals surface area contributed by atoms with E-state index in [9.17, 15) is 4.79 Å². The van der Waals surface area contributed by atoms with Gasteiger partial charge in [-0.05, 0) is 37.6 Å². The van der Waals surface area contributed by atoms with Crippen LogP contribution in [0, 0.1) is 0 Å². The highest BCUT2D eigenvalue weighted by Gasteiger charge is 2.33. The Morgan fingerprint density at radius 2 is 1.73 bits per heavy atom. The molecule has 176 valence electrons. The highest BCUT2D eigenvalue weighted by Crippen LogP contribution is 2.41. The molecule has 3 aliphatic rings. The van der Waals surface area contributed by atoms with E-state index in [0.717, 1.165) is 62.8 Å². The molecule has 1 saturated heterocycles. The molecule has 1 N–H and O–H groups in total. The summed E-state index contributed by atoms with van der Waals surface area (Å²) in [6.07, 6.45) is 1.63. The number of fused-ring (bicyclic) bond motifs is 3. The Morgan fingerprint density at radius 1 is 1.03 bits per heavy atom. The minimum Gasteiger partial charge on any atom is -0.478 e. The third kappa shape index (κ3) is 6.00. The van der Waals surface area contributed by atoms with E-state index in [1.807, 2.05) is 42.5 Å². The van der Waals surface area contributed by atoms with Crippen molar-refractivity contribution >= 4 is 11.9 Å². The molecule has 0 saturated carbocycles. The van der Waals surface area contributed by atoms with Gasteiger partial charge in [0.05, 0.1) is 24.3 Å². The van der Waals surface area contributed by atoms with E-state index in [4.69, 9.17) is 19.3 Å². The van der Waals surface area contributed by atoms with Gasteiger partial charge in [-0.15, -0.1) is 0 Å². The highest BCUT2D eigenvalue weighted by atomic mass is 16.5. The molecule has 3 heterocycles. The predicted molar refractivity (Wildman–Crippen MR) is 126 cm³/mol. The summed E-state index contributed by atoms with van der Waals surface area (Å²) < 4.78 is 17.4. The normalized spacial score (nSPS) is 19.4. The van der Waals surface area contributed by atoms with Crippen LogP contribution in [0.2, 0.25) is 0 Å². The van der Waals surface area contributed by atoms with Gasteiger partial charge in [-0.25, -0.2) is 0 Å². The number of benzene rings is 2. The van der Waals surface area contributed by atoms with Gasteiger partial charge in [-0.3, -0.25) is 14.6 Å². The molecule has 2 aromatic carbocycles. The van der Waals surface area contributed by atoms with E-state index in [1.165, 1.54) is 0 Å². The van der Waals surface area contributed by atoms with E-state index in [1.54, 1.807) is 19.9 Å². The fraction of sp³-hybridized carbons (Fsp3) is 0.423. The lowest BCUT2D eigenvalue weighted by Gasteiger charge is -2.33. The zero-order chi connectivity index (χ0) is 23.2. The Bertz CT molecular complexity index is 981. The van der Waals surface area contributed by atoms with Crippen LogP contribution in [0.3, 0.4) is 0 Å². The fourth-order valence-corrected chi connectivity index (χ4v) is 3.96. The number of aliphatic hydroxyl groups excluding tert-OH is 1. The second-order valence-corrected chi connectivity index (χ2v) is 8.64. The fourth-order valence-electron chi connectivity index (χ4n) is 3.96. The molecule has 2 aromatic rings. The van der Waals surface area contributed by atoms with Crippen LogP contribution >= 0.6 is 0 Å². The standard InChI is InChI=1S/C23H24N2O4.C3H8O/c26-22-18-6-7-20-19(23(18)29-21(22)14-17-4-2-1-3-5-17)15-25(16-28-20)9-8-24-10-12-27-13-11-24;1-3(2)4/h1-7,14H,8-13,15-16H2;3-4H,1-2H3/b21-14-;. The first-order chi connectivity index (χ1) is 16.0. The van der Waals surface area contributed by atoms with Crippen molar-refractivity contribution in [3.63, 3.8) is 0 Å². The molecule has 0 amide bonds. The molecule has 0 bridgehead atoms. The number of carbonyl (C=O) groups excluding carboxylic acids is 1. The van der Waals surface area contributed by atoms with E-state index < -0.39 is 0 Å². The Labute approximate surface area is 195 Å². The van der Waals surface area contributed by atoms with Crippen LogP contribution in [0.1, 0.15) is 35.3 Å². The molecule has 0 spiro atoms. The summed E-state index contributed by atoms with van der Waals surface area (Å²) in [4.78, 5) is 17.5. The number of ketones is 1. The maximum Gasteiger partial charge on any atom is 0.231 e. The Morgan fingerprint density at radius 3 is 2.45 bits per heavy atom. The third-order valence-corrected chi connectivity index (χ3v) is 5.62.